The highest BCUT2D eigenvalue weighted by Crippen LogP contribution is 2.19. The van der Waals surface area contributed by atoms with Crippen molar-refractivity contribution in [3.8, 4) is 0 Å². The highest BCUT2D eigenvalue weighted by molar-refractivity contribution is 7.91. The van der Waals surface area contributed by atoms with Gasteiger partial charge in [-0.25, -0.2) is 21.6 Å². The van der Waals surface area contributed by atoms with E-state index in [4.69, 9.17) is 0 Å². The molecule has 1 aromatic heterocycles. The maximum absolute atomic E-state index is 12.2. The maximum atomic E-state index is 12.2. The fraction of sp³-hybridized carbons (Fsp3) is 0.667. The van der Waals surface area contributed by atoms with E-state index < -0.39 is 19.9 Å². The quantitative estimate of drug-likeness (QED) is 0.743. The van der Waals surface area contributed by atoms with Crippen molar-refractivity contribution < 1.29 is 21.9 Å². The van der Waals surface area contributed by atoms with Crippen LogP contribution in [0.5, 0.6) is 0 Å². The van der Waals surface area contributed by atoms with Crippen molar-refractivity contribution >= 4 is 19.9 Å². The predicted molar refractivity (Wildman–Crippen MR) is 78.0 cm³/mol. The van der Waals surface area contributed by atoms with Gasteiger partial charge in [-0.15, -0.1) is 0 Å². The maximum Gasteiger partial charge on any atom is 0.242 e. The Labute approximate surface area is 124 Å². The van der Waals surface area contributed by atoms with E-state index in [1.54, 1.807) is 4.57 Å². The lowest BCUT2D eigenvalue weighted by Gasteiger charge is -2.09. The number of sulfonamides is 1. The molecule has 0 amide bonds. The molecule has 1 aromatic rings. The first-order valence-electron chi connectivity index (χ1n) is 6.77. The average molecular weight is 336 g/mol. The van der Waals surface area contributed by atoms with E-state index in [9.17, 15) is 21.9 Å². The van der Waals surface area contributed by atoms with Crippen LogP contribution in [0.2, 0.25) is 0 Å². The summed E-state index contributed by atoms with van der Waals surface area (Å²) in [6.45, 7) is 2.30. The molecule has 21 heavy (non-hydrogen) atoms. The molecule has 2 N–H and O–H groups in total. The number of aromatic nitrogens is 1. The number of hydrogen-bond acceptors (Lipinski definition) is 5. The van der Waals surface area contributed by atoms with Crippen molar-refractivity contribution in [1.29, 1.82) is 0 Å². The minimum atomic E-state index is -3.68. The molecule has 0 radical (unpaired) electrons. The summed E-state index contributed by atoms with van der Waals surface area (Å²) in [4.78, 5) is 0.0919. The van der Waals surface area contributed by atoms with Crippen LogP contribution >= 0.6 is 0 Å². The third-order valence-corrected chi connectivity index (χ3v) is 6.89. The molecule has 1 aliphatic heterocycles. The van der Waals surface area contributed by atoms with Gasteiger partial charge >= 0.3 is 0 Å². The molecule has 0 aromatic carbocycles. The van der Waals surface area contributed by atoms with E-state index in [0.29, 0.717) is 18.7 Å². The second kappa shape index (κ2) is 6.07. The molecule has 120 valence electrons. The molecule has 0 spiro atoms. The highest BCUT2D eigenvalue weighted by atomic mass is 32.2. The Morgan fingerprint density at radius 1 is 1.48 bits per heavy atom. The van der Waals surface area contributed by atoms with Crippen molar-refractivity contribution in [3.05, 3.63) is 18.0 Å². The van der Waals surface area contributed by atoms with Crippen LogP contribution in [0.4, 0.5) is 0 Å². The van der Waals surface area contributed by atoms with Gasteiger partial charge in [-0.3, -0.25) is 0 Å². The van der Waals surface area contributed by atoms with Crippen LogP contribution in [-0.2, 0) is 33.0 Å². The molecule has 0 bridgehead atoms. The number of nitrogens with one attached hydrogen (secondary N) is 1. The Morgan fingerprint density at radius 3 is 2.67 bits per heavy atom. The van der Waals surface area contributed by atoms with Gasteiger partial charge in [-0.1, -0.05) is 0 Å². The van der Waals surface area contributed by atoms with Crippen LogP contribution < -0.4 is 4.72 Å². The Morgan fingerprint density at radius 2 is 2.19 bits per heavy atom. The molecule has 7 nitrogen and oxygen atoms in total. The van der Waals surface area contributed by atoms with Crippen LogP contribution in [-0.4, -0.2) is 44.6 Å². The Bertz CT molecular complexity index is 685. The molecule has 1 aliphatic rings. The summed E-state index contributed by atoms with van der Waals surface area (Å²) in [5.74, 6) is -0.0106. The van der Waals surface area contributed by atoms with Crippen molar-refractivity contribution in [2.45, 2.75) is 31.4 Å². The minimum absolute atomic E-state index is 0.0351. The molecule has 0 saturated carbocycles. The summed E-state index contributed by atoms with van der Waals surface area (Å²) in [6, 6.07) is 1.43. The van der Waals surface area contributed by atoms with E-state index in [1.807, 2.05) is 6.92 Å². The third kappa shape index (κ3) is 3.85. The number of aliphatic hydroxyl groups is 1. The molecule has 9 heteroatoms. The van der Waals surface area contributed by atoms with Gasteiger partial charge in [0.25, 0.3) is 0 Å². The van der Waals surface area contributed by atoms with Crippen molar-refractivity contribution in [2.75, 3.05) is 18.1 Å². The Balaban J connectivity index is 2.07. The van der Waals surface area contributed by atoms with Gasteiger partial charge in [0.05, 0.1) is 23.0 Å². The zero-order valence-electron chi connectivity index (χ0n) is 11.8. The summed E-state index contributed by atoms with van der Waals surface area (Å²) < 4.78 is 51.2. The van der Waals surface area contributed by atoms with Gasteiger partial charge in [0.2, 0.25) is 10.0 Å². The summed E-state index contributed by atoms with van der Waals surface area (Å²) in [5.41, 5.74) is 0.529. The normalized spacial score (nSPS) is 21.7. The lowest BCUT2D eigenvalue weighted by atomic mass is 10.1. The second-order valence-electron chi connectivity index (χ2n) is 5.23. The molecule has 1 saturated heterocycles. The first-order chi connectivity index (χ1) is 9.77. The standard InChI is InChI=1S/C12H20N2O5S2/c1-2-14-7-12(5-11(14)8-15)21(18,19)13-6-10-3-4-20(16,17)9-10/h5,7,10,13,15H,2-4,6,8-9H2,1H3. The lowest BCUT2D eigenvalue weighted by Crippen LogP contribution is -2.29. The summed E-state index contributed by atoms with van der Waals surface area (Å²) in [7, 11) is -6.69. The SMILES string of the molecule is CCn1cc(S(=O)(=O)NCC2CCS(=O)(=O)C2)cc1CO. The molecule has 0 aliphatic carbocycles. The number of nitrogens with zero attached hydrogens (tertiary/aromatic N) is 1. The van der Waals surface area contributed by atoms with Crippen LogP contribution in [0, 0.1) is 5.92 Å². The van der Waals surface area contributed by atoms with E-state index in [1.165, 1.54) is 12.3 Å². The molecule has 2 rings (SSSR count). The molecular weight excluding hydrogens is 316 g/mol. The van der Waals surface area contributed by atoms with Gasteiger partial charge in [-0.2, -0.15) is 0 Å². The Hall–Kier alpha value is -0.900. The van der Waals surface area contributed by atoms with Crippen LogP contribution in [0.1, 0.15) is 19.0 Å². The fourth-order valence-electron chi connectivity index (χ4n) is 2.44. The molecule has 1 fully saturated rings. The number of aliphatic hydroxyl groups excluding tert-OH is 1. The fourth-order valence-corrected chi connectivity index (χ4v) is 5.48. The van der Waals surface area contributed by atoms with E-state index in [0.717, 1.165) is 0 Å². The zero-order chi connectivity index (χ0) is 15.7. The predicted octanol–water partition coefficient (Wildman–Crippen LogP) is -0.287. The number of sulfone groups is 1. The molecule has 1 unspecified atom stereocenters. The van der Waals surface area contributed by atoms with Gasteiger partial charge in [-0.05, 0) is 25.3 Å². The first-order valence-corrected chi connectivity index (χ1v) is 10.1. The topological polar surface area (TPSA) is 105 Å². The van der Waals surface area contributed by atoms with E-state index in [-0.39, 0.29) is 35.5 Å². The second-order valence-corrected chi connectivity index (χ2v) is 9.23. The van der Waals surface area contributed by atoms with Gasteiger partial charge in [0, 0.05) is 25.0 Å². The molecule has 1 atom stereocenters. The lowest BCUT2D eigenvalue weighted by molar-refractivity contribution is 0.271. The summed E-state index contributed by atoms with van der Waals surface area (Å²) in [5, 5.41) is 9.19. The van der Waals surface area contributed by atoms with Crippen LogP contribution in [0.3, 0.4) is 0 Å². The number of aryl methyl sites for hydroxylation is 1. The average Bonchev–Trinajstić information content (AvgIpc) is 2.99. The van der Waals surface area contributed by atoms with Crippen molar-refractivity contribution in [3.63, 3.8) is 0 Å². The molecule has 2 heterocycles. The van der Waals surface area contributed by atoms with Crippen LogP contribution in [0.25, 0.3) is 0 Å². The zero-order valence-corrected chi connectivity index (χ0v) is 13.5. The third-order valence-electron chi connectivity index (χ3n) is 3.66. The van der Waals surface area contributed by atoms with E-state index >= 15 is 0 Å². The number of hydrogen-bond donors (Lipinski definition) is 2. The minimum Gasteiger partial charge on any atom is -0.390 e. The van der Waals surface area contributed by atoms with Gasteiger partial charge in [0.15, 0.2) is 9.84 Å². The summed E-state index contributed by atoms with van der Waals surface area (Å²) in [6.07, 6.45) is 1.96. The van der Waals surface area contributed by atoms with Gasteiger partial charge < -0.3 is 9.67 Å². The van der Waals surface area contributed by atoms with Crippen molar-refractivity contribution in [2.24, 2.45) is 5.92 Å². The van der Waals surface area contributed by atoms with E-state index in [2.05, 4.69) is 4.72 Å². The highest BCUT2D eigenvalue weighted by Gasteiger charge is 2.29. The largest absolute Gasteiger partial charge is 0.390 e. The van der Waals surface area contributed by atoms with Gasteiger partial charge in [0.1, 0.15) is 0 Å². The number of rotatable bonds is 6. The smallest absolute Gasteiger partial charge is 0.242 e. The summed E-state index contributed by atoms with van der Waals surface area (Å²) >= 11 is 0. The monoisotopic (exact) mass is 336 g/mol. The first kappa shape index (κ1) is 16.5. The molecular formula is C12H20N2O5S2. The van der Waals surface area contributed by atoms with Crippen molar-refractivity contribution in [1.82, 2.24) is 9.29 Å². The Kier molecular flexibility index (Phi) is 4.76. The van der Waals surface area contributed by atoms with Crippen LogP contribution in [0.15, 0.2) is 17.2 Å².